The lowest BCUT2D eigenvalue weighted by atomic mass is 10.0. The molecule has 2 saturated heterocycles. The summed E-state index contributed by atoms with van der Waals surface area (Å²) >= 11 is 0. The number of imidazole rings is 1. The SMILES string of the molecule is CC1CC2CNCC2N1S(=O)(=O)c1cn(C)cn1. The molecule has 0 aliphatic carbocycles. The Labute approximate surface area is 107 Å². The fourth-order valence-electron chi connectivity index (χ4n) is 3.17. The molecule has 3 heterocycles. The van der Waals surface area contributed by atoms with Crippen molar-refractivity contribution in [1.82, 2.24) is 19.2 Å². The topological polar surface area (TPSA) is 67.2 Å². The molecule has 2 aliphatic rings. The smallest absolute Gasteiger partial charge is 0.262 e. The Hall–Kier alpha value is -0.920. The van der Waals surface area contributed by atoms with E-state index in [0.29, 0.717) is 5.92 Å². The molecule has 0 amide bonds. The van der Waals surface area contributed by atoms with Crippen LogP contribution in [0.5, 0.6) is 0 Å². The molecule has 0 spiro atoms. The van der Waals surface area contributed by atoms with E-state index in [1.807, 2.05) is 6.92 Å². The molecule has 1 aromatic rings. The Morgan fingerprint density at radius 2 is 2.22 bits per heavy atom. The lowest BCUT2D eigenvalue weighted by Gasteiger charge is -2.25. The highest BCUT2D eigenvalue weighted by atomic mass is 32.2. The van der Waals surface area contributed by atoms with Crippen molar-refractivity contribution in [2.24, 2.45) is 13.0 Å². The third-order valence-electron chi connectivity index (χ3n) is 3.93. The molecule has 0 saturated carbocycles. The van der Waals surface area contributed by atoms with Crippen molar-refractivity contribution in [3.05, 3.63) is 12.5 Å². The summed E-state index contributed by atoms with van der Waals surface area (Å²) in [6, 6.07) is 0.154. The number of nitrogens with one attached hydrogen (secondary N) is 1. The minimum Gasteiger partial charge on any atom is -0.339 e. The molecule has 1 N–H and O–H groups in total. The summed E-state index contributed by atoms with van der Waals surface area (Å²) in [5.74, 6) is 0.443. The molecule has 0 aromatic carbocycles. The summed E-state index contributed by atoms with van der Waals surface area (Å²) in [6.45, 7) is 3.66. The van der Waals surface area contributed by atoms with Gasteiger partial charge in [0.2, 0.25) is 0 Å². The van der Waals surface area contributed by atoms with Crippen LogP contribution in [0.25, 0.3) is 0 Å². The highest BCUT2D eigenvalue weighted by molar-refractivity contribution is 7.89. The van der Waals surface area contributed by atoms with E-state index in [2.05, 4.69) is 10.3 Å². The van der Waals surface area contributed by atoms with Gasteiger partial charge < -0.3 is 9.88 Å². The van der Waals surface area contributed by atoms with Crippen molar-refractivity contribution in [3.63, 3.8) is 0 Å². The number of aromatic nitrogens is 2. The Bertz CT molecular complexity index is 553. The number of fused-ring (bicyclic) bond motifs is 1. The third-order valence-corrected chi connectivity index (χ3v) is 5.86. The first kappa shape index (κ1) is 12.1. The Morgan fingerprint density at radius 1 is 1.44 bits per heavy atom. The highest BCUT2D eigenvalue weighted by Gasteiger charge is 2.48. The second-order valence-electron chi connectivity index (χ2n) is 5.28. The number of hydrogen-bond donors (Lipinski definition) is 1. The van der Waals surface area contributed by atoms with Crippen LogP contribution in [0.2, 0.25) is 0 Å². The fraction of sp³-hybridized carbons (Fsp3) is 0.727. The summed E-state index contributed by atoms with van der Waals surface area (Å²) in [5.41, 5.74) is 0. The van der Waals surface area contributed by atoms with Gasteiger partial charge in [-0.25, -0.2) is 13.4 Å². The molecule has 3 atom stereocenters. The maximum atomic E-state index is 12.6. The Morgan fingerprint density at radius 3 is 2.89 bits per heavy atom. The van der Waals surface area contributed by atoms with Crippen LogP contribution >= 0.6 is 0 Å². The molecule has 18 heavy (non-hydrogen) atoms. The standard InChI is InChI=1S/C11H18N4O2S/c1-8-3-9-4-12-5-10(9)15(8)18(16,17)11-6-14(2)7-13-11/h6-10,12H,3-5H2,1-2H3. The number of sulfonamides is 1. The van der Waals surface area contributed by atoms with Crippen LogP contribution < -0.4 is 5.32 Å². The molecule has 2 aliphatic heterocycles. The van der Waals surface area contributed by atoms with Gasteiger partial charge in [0.1, 0.15) is 0 Å². The summed E-state index contributed by atoms with van der Waals surface area (Å²) in [7, 11) is -1.68. The van der Waals surface area contributed by atoms with E-state index in [9.17, 15) is 8.42 Å². The molecule has 0 bridgehead atoms. The summed E-state index contributed by atoms with van der Waals surface area (Å²) < 4.78 is 28.6. The van der Waals surface area contributed by atoms with Gasteiger partial charge in [-0.3, -0.25) is 0 Å². The zero-order chi connectivity index (χ0) is 12.9. The van der Waals surface area contributed by atoms with Crippen LogP contribution in [0.3, 0.4) is 0 Å². The normalized spacial score (nSPS) is 32.9. The molecule has 2 fully saturated rings. The summed E-state index contributed by atoms with van der Waals surface area (Å²) in [6.07, 6.45) is 4.03. The maximum absolute atomic E-state index is 12.6. The van der Waals surface area contributed by atoms with Gasteiger partial charge in [0, 0.05) is 31.9 Å². The minimum absolute atomic E-state index is 0.0640. The van der Waals surface area contributed by atoms with Gasteiger partial charge in [0.15, 0.2) is 5.03 Å². The molecule has 3 rings (SSSR count). The Kier molecular flexibility index (Phi) is 2.72. The maximum Gasteiger partial charge on any atom is 0.262 e. The first-order chi connectivity index (χ1) is 8.50. The summed E-state index contributed by atoms with van der Waals surface area (Å²) in [4.78, 5) is 3.99. The van der Waals surface area contributed by atoms with E-state index >= 15 is 0 Å². The van der Waals surface area contributed by atoms with E-state index < -0.39 is 10.0 Å². The monoisotopic (exact) mass is 270 g/mol. The zero-order valence-corrected chi connectivity index (χ0v) is 11.4. The van der Waals surface area contributed by atoms with E-state index in [-0.39, 0.29) is 17.1 Å². The first-order valence-corrected chi connectivity index (χ1v) is 7.66. The minimum atomic E-state index is -3.46. The Balaban J connectivity index is 1.98. The number of nitrogens with zero attached hydrogens (tertiary/aromatic N) is 3. The van der Waals surface area contributed by atoms with Crippen LogP contribution in [-0.4, -0.2) is 47.4 Å². The fourth-order valence-corrected chi connectivity index (χ4v) is 5.03. The molecule has 1 aromatic heterocycles. The van der Waals surface area contributed by atoms with Gasteiger partial charge in [-0.1, -0.05) is 0 Å². The number of rotatable bonds is 2. The van der Waals surface area contributed by atoms with Crippen molar-refractivity contribution >= 4 is 10.0 Å². The molecule has 6 nitrogen and oxygen atoms in total. The van der Waals surface area contributed by atoms with Gasteiger partial charge in [0.25, 0.3) is 10.0 Å². The van der Waals surface area contributed by atoms with E-state index in [1.165, 1.54) is 6.33 Å². The molecule has 3 unspecified atom stereocenters. The van der Waals surface area contributed by atoms with Crippen molar-refractivity contribution < 1.29 is 8.42 Å². The van der Waals surface area contributed by atoms with Gasteiger partial charge in [-0.05, 0) is 25.8 Å². The van der Waals surface area contributed by atoms with Gasteiger partial charge in [-0.2, -0.15) is 4.31 Å². The second kappa shape index (κ2) is 4.04. The highest BCUT2D eigenvalue weighted by Crippen LogP contribution is 2.36. The molecule has 0 radical (unpaired) electrons. The third kappa shape index (κ3) is 1.69. The molecule has 7 heteroatoms. The first-order valence-electron chi connectivity index (χ1n) is 6.22. The van der Waals surface area contributed by atoms with Crippen molar-refractivity contribution in [3.8, 4) is 0 Å². The predicted octanol–water partition coefficient (Wildman–Crippen LogP) is -0.209. The van der Waals surface area contributed by atoms with Gasteiger partial charge >= 0.3 is 0 Å². The predicted molar refractivity (Wildman–Crippen MR) is 66.5 cm³/mol. The summed E-state index contributed by atoms with van der Waals surface area (Å²) in [5, 5.41) is 3.43. The quantitative estimate of drug-likeness (QED) is 0.807. The van der Waals surface area contributed by atoms with Crippen molar-refractivity contribution in [2.45, 2.75) is 30.5 Å². The van der Waals surface area contributed by atoms with Crippen molar-refractivity contribution in [1.29, 1.82) is 0 Å². The average Bonchev–Trinajstić information content (AvgIpc) is 2.92. The van der Waals surface area contributed by atoms with Crippen LogP contribution in [0.4, 0.5) is 0 Å². The van der Waals surface area contributed by atoms with Crippen LogP contribution in [0.15, 0.2) is 17.6 Å². The second-order valence-corrected chi connectivity index (χ2v) is 7.07. The van der Waals surface area contributed by atoms with Crippen molar-refractivity contribution in [2.75, 3.05) is 13.1 Å². The molecule has 100 valence electrons. The van der Waals surface area contributed by atoms with Gasteiger partial charge in [-0.15, -0.1) is 0 Å². The molecular weight excluding hydrogens is 252 g/mol. The average molecular weight is 270 g/mol. The molecular formula is C11H18N4O2S. The number of hydrogen-bond acceptors (Lipinski definition) is 4. The number of aryl methyl sites for hydroxylation is 1. The van der Waals surface area contributed by atoms with Crippen LogP contribution in [-0.2, 0) is 17.1 Å². The van der Waals surface area contributed by atoms with E-state index in [1.54, 1.807) is 22.1 Å². The van der Waals surface area contributed by atoms with Gasteiger partial charge in [0.05, 0.1) is 6.33 Å². The van der Waals surface area contributed by atoms with Crippen LogP contribution in [0.1, 0.15) is 13.3 Å². The van der Waals surface area contributed by atoms with E-state index in [4.69, 9.17) is 0 Å². The lowest BCUT2D eigenvalue weighted by molar-refractivity contribution is 0.334. The largest absolute Gasteiger partial charge is 0.339 e. The van der Waals surface area contributed by atoms with E-state index in [0.717, 1.165) is 19.5 Å². The van der Waals surface area contributed by atoms with Crippen LogP contribution in [0, 0.1) is 5.92 Å². The lowest BCUT2D eigenvalue weighted by Crippen LogP contribution is -2.42. The zero-order valence-electron chi connectivity index (χ0n) is 10.6.